The molecule has 0 unspecified atom stereocenters. The van der Waals surface area contributed by atoms with Gasteiger partial charge in [-0.05, 0) is 19.8 Å². The van der Waals surface area contributed by atoms with Gasteiger partial charge in [0.15, 0.2) is 24.6 Å². The van der Waals surface area contributed by atoms with Crippen molar-refractivity contribution < 1.29 is 47.6 Å². The fourth-order valence-corrected chi connectivity index (χ4v) is 4.04. The van der Waals surface area contributed by atoms with Crippen LogP contribution in [0.3, 0.4) is 0 Å². The third-order valence-electron chi connectivity index (χ3n) is 5.71. The highest BCUT2D eigenvalue weighted by molar-refractivity contribution is 5.68. The number of nitrogens with one attached hydrogen (secondary N) is 1. The second-order valence-electron chi connectivity index (χ2n) is 9.12. The monoisotopic (exact) mass is 556 g/mol. The molecule has 5 atom stereocenters. The molecule has 0 spiro atoms. The van der Waals surface area contributed by atoms with E-state index in [4.69, 9.17) is 28.4 Å². The van der Waals surface area contributed by atoms with E-state index in [-0.39, 0.29) is 13.2 Å². The van der Waals surface area contributed by atoms with Gasteiger partial charge in [0, 0.05) is 52.6 Å². The molecule has 0 amide bonds. The maximum absolute atomic E-state index is 11.9. The number of ether oxygens (including phenoxy) is 6. The molecule has 0 saturated carbocycles. The Hall–Kier alpha value is -3.52. The average Bonchev–Trinajstić information content (AvgIpc) is 2.82. The van der Waals surface area contributed by atoms with Crippen LogP contribution in [0.15, 0.2) is 15.8 Å². The molecular weight excluding hydrogens is 520 g/mol. The topological polar surface area (TPSA) is 179 Å². The molecule has 0 aliphatic carbocycles. The third-order valence-corrected chi connectivity index (χ3v) is 5.71. The number of aromatic nitrogens is 2. The largest absolute Gasteiger partial charge is 0.463 e. The van der Waals surface area contributed by atoms with Crippen LogP contribution < -0.4 is 11.2 Å². The SMILES string of the molecule is CC(=O)OC[C@H]1O[C@@H](OCCCCCCn2cc(C)c(=O)[nH]c2=O)[C@H](OC(C)=O)[C@@H](OC(C)=O)[C@H]1OC(C)=O. The summed E-state index contributed by atoms with van der Waals surface area (Å²) >= 11 is 0. The molecule has 39 heavy (non-hydrogen) atoms. The van der Waals surface area contributed by atoms with Crippen molar-refractivity contribution in [1.29, 1.82) is 0 Å². The lowest BCUT2D eigenvalue weighted by molar-refractivity contribution is -0.308. The van der Waals surface area contributed by atoms with Gasteiger partial charge in [-0.15, -0.1) is 0 Å². The Morgan fingerprint density at radius 1 is 0.846 bits per heavy atom. The van der Waals surface area contributed by atoms with Crippen LogP contribution in [-0.4, -0.2) is 77.3 Å². The van der Waals surface area contributed by atoms with Gasteiger partial charge in [0.1, 0.15) is 12.7 Å². The summed E-state index contributed by atoms with van der Waals surface area (Å²) in [6.45, 7) is 6.54. The second-order valence-corrected chi connectivity index (χ2v) is 9.12. The number of hydrogen-bond donors (Lipinski definition) is 1. The number of unbranched alkanes of at least 4 members (excludes halogenated alkanes) is 3. The zero-order chi connectivity index (χ0) is 29.1. The highest BCUT2D eigenvalue weighted by atomic mass is 16.7. The van der Waals surface area contributed by atoms with Crippen LogP contribution >= 0.6 is 0 Å². The zero-order valence-electron chi connectivity index (χ0n) is 22.8. The molecule has 0 bridgehead atoms. The fourth-order valence-electron chi connectivity index (χ4n) is 4.04. The van der Waals surface area contributed by atoms with E-state index < -0.39 is 65.8 Å². The predicted molar refractivity (Wildman–Crippen MR) is 132 cm³/mol. The molecule has 1 aliphatic heterocycles. The number of nitrogens with zero attached hydrogens (tertiary/aromatic N) is 1. The number of hydrogen-bond acceptors (Lipinski definition) is 12. The fraction of sp³-hybridized carbons (Fsp3) is 0.680. The van der Waals surface area contributed by atoms with Crippen LogP contribution in [0.1, 0.15) is 58.9 Å². The van der Waals surface area contributed by atoms with Gasteiger partial charge >= 0.3 is 29.6 Å². The number of esters is 4. The van der Waals surface area contributed by atoms with Gasteiger partial charge in [0.2, 0.25) is 0 Å². The third kappa shape index (κ3) is 10.3. The lowest BCUT2D eigenvalue weighted by Gasteiger charge is -2.44. The van der Waals surface area contributed by atoms with E-state index in [0.717, 1.165) is 33.6 Å². The van der Waals surface area contributed by atoms with Crippen LogP contribution in [0.2, 0.25) is 0 Å². The van der Waals surface area contributed by atoms with Gasteiger partial charge in [-0.25, -0.2) is 4.79 Å². The molecule has 0 radical (unpaired) electrons. The summed E-state index contributed by atoms with van der Waals surface area (Å²) in [5.74, 6) is -2.75. The summed E-state index contributed by atoms with van der Waals surface area (Å²) in [4.78, 5) is 72.5. The van der Waals surface area contributed by atoms with Crippen LogP contribution in [0.4, 0.5) is 0 Å². The number of carbonyl (C=O) groups is 4. The maximum atomic E-state index is 11.9. The van der Waals surface area contributed by atoms with E-state index in [2.05, 4.69) is 4.98 Å². The van der Waals surface area contributed by atoms with E-state index >= 15 is 0 Å². The smallest absolute Gasteiger partial charge is 0.328 e. The van der Waals surface area contributed by atoms with Crippen LogP contribution in [0.5, 0.6) is 0 Å². The van der Waals surface area contributed by atoms with Crippen LogP contribution in [0.25, 0.3) is 0 Å². The quantitative estimate of drug-likeness (QED) is 0.202. The summed E-state index contributed by atoms with van der Waals surface area (Å²) in [6, 6.07) is 0. The van der Waals surface area contributed by atoms with Gasteiger partial charge in [-0.2, -0.15) is 0 Å². The predicted octanol–water partition coefficient (Wildman–Crippen LogP) is 0.505. The first-order chi connectivity index (χ1) is 18.4. The van der Waals surface area contributed by atoms with Crippen molar-refractivity contribution in [3.63, 3.8) is 0 Å². The second kappa shape index (κ2) is 15.2. The van der Waals surface area contributed by atoms with Gasteiger partial charge in [0.25, 0.3) is 5.56 Å². The molecule has 2 rings (SSSR count). The molecule has 1 saturated heterocycles. The Balaban J connectivity index is 2.03. The van der Waals surface area contributed by atoms with Crippen molar-refractivity contribution in [3.05, 3.63) is 32.6 Å². The minimum Gasteiger partial charge on any atom is -0.463 e. The standard InChI is InChI=1S/C25H36N2O12/c1-14-12-27(25(33)26-23(14)32)10-8-6-7-9-11-34-24-22(38-18(5)31)21(37-17(4)30)20(36-16(3)29)19(39-24)13-35-15(2)28/h12,19-22,24H,6-11,13H2,1-5H3,(H,26,32,33)/t19-,20+,21+,22-,24-/m1/s1. The van der Waals surface area contributed by atoms with Gasteiger partial charge < -0.3 is 33.0 Å². The number of aryl methyl sites for hydroxylation is 2. The Bertz CT molecular complexity index is 1130. The zero-order valence-corrected chi connectivity index (χ0v) is 22.8. The first-order valence-corrected chi connectivity index (χ1v) is 12.6. The van der Waals surface area contributed by atoms with Gasteiger partial charge in [0.05, 0.1) is 0 Å². The Morgan fingerprint density at radius 3 is 2.05 bits per heavy atom. The van der Waals surface area contributed by atoms with E-state index in [1.165, 1.54) is 17.7 Å². The molecule has 1 aromatic heterocycles. The number of rotatable bonds is 13. The minimum absolute atomic E-state index is 0.172. The summed E-state index contributed by atoms with van der Waals surface area (Å²) in [7, 11) is 0. The summed E-state index contributed by atoms with van der Waals surface area (Å²) in [5.41, 5.74) is -0.416. The summed E-state index contributed by atoms with van der Waals surface area (Å²) in [6.07, 6.45) is -1.81. The molecule has 2 heterocycles. The lowest BCUT2D eigenvalue weighted by atomic mass is 9.98. The van der Waals surface area contributed by atoms with E-state index in [0.29, 0.717) is 24.9 Å². The molecular formula is C25H36N2O12. The molecule has 218 valence electrons. The van der Waals surface area contributed by atoms with E-state index in [9.17, 15) is 28.8 Å². The van der Waals surface area contributed by atoms with Crippen molar-refractivity contribution in [1.82, 2.24) is 9.55 Å². The molecule has 1 aromatic rings. The van der Waals surface area contributed by atoms with Crippen molar-refractivity contribution in [2.75, 3.05) is 13.2 Å². The van der Waals surface area contributed by atoms with Crippen LogP contribution in [-0.2, 0) is 54.1 Å². The first kappa shape index (κ1) is 31.7. The van der Waals surface area contributed by atoms with Crippen molar-refractivity contribution >= 4 is 23.9 Å². The van der Waals surface area contributed by atoms with Gasteiger partial charge in [-0.3, -0.25) is 29.0 Å². The first-order valence-electron chi connectivity index (χ1n) is 12.6. The molecule has 1 aliphatic rings. The molecule has 1 fully saturated rings. The lowest BCUT2D eigenvalue weighted by Crippen LogP contribution is -2.63. The maximum Gasteiger partial charge on any atom is 0.328 e. The molecule has 1 N–H and O–H groups in total. The molecule has 14 nitrogen and oxygen atoms in total. The average molecular weight is 557 g/mol. The number of aromatic amines is 1. The van der Waals surface area contributed by atoms with Crippen molar-refractivity contribution in [2.24, 2.45) is 0 Å². The molecule has 0 aromatic carbocycles. The number of H-pyrrole nitrogens is 1. The highest BCUT2D eigenvalue weighted by Gasteiger charge is 2.52. The van der Waals surface area contributed by atoms with Gasteiger partial charge in [-0.1, -0.05) is 12.8 Å². The normalized spacial score (nSPS) is 22.5. The number of carbonyl (C=O) groups excluding carboxylic acids is 4. The Morgan fingerprint density at radius 2 is 1.44 bits per heavy atom. The Labute approximate surface area is 224 Å². The highest BCUT2D eigenvalue weighted by Crippen LogP contribution is 2.30. The summed E-state index contributed by atoms with van der Waals surface area (Å²) in [5, 5.41) is 0. The van der Waals surface area contributed by atoms with E-state index in [1.54, 1.807) is 6.92 Å². The Kier molecular flexibility index (Phi) is 12.3. The van der Waals surface area contributed by atoms with Crippen LogP contribution in [0, 0.1) is 6.92 Å². The van der Waals surface area contributed by atoms with Crippen molar-refractivity contribution in [2.45, 2.75) is 97.6 Å². The van der Waals surface area contributed by atoms with E-state index in [1.807, 2.05) is 0 Å². The van der Waals surface area contributed by atoms with Crippen molar-refractivity contribution in [3.8, 4) is 0 Å². The summed E-state index contributed by atoms with van der Waals surface area (Å²) < 4.78 is 34.3. The minimum atomic E-state index is -1.28. The molecule has 14 heteroatoms.